The number of hydrogen-bond donors (Lipinski definition) is 0. The van der Waals surface area contributed by atoms with Crippen molar-refractivity contribution >= 4 is 5.91 Å². The summed E-state index contributed by atoms with van der Waals surface area (Å²) in [4.78, 5) is 16.0. The van der Waals surface area contributed by atoms with Crippen molar-refractivity contribution in [3.8, 4) is 0 Å². The highest BCUT2D eigenvalue weighted by molar-refractivity contribution is 5.91. The van der Waals surface area contributed by atoms with Crippen molar-refractivity contribution < 1.29 is 4.79 Å². The molecule has 0 unspecified atom stereocenters. The molecule has 1 aromatic carbocycles. The summed E-state index contributed by atoms with van der Waals surface area (Å²) < 4.78 is 1.93. The van der Waals surface area contributed by atoms with Crippen LogP contribution in [0.4, 0.5) is 0 Å². The van der Waals surface area contributed by atoms with Crippen molar-refractivity contribution in [2.75, 3.05) is 6.54 Å². The summed E-state index contributed by atoms with van der Waals surface area (Å²) in [5.74, 6) is 0.855. The molecule has 1 aromatic heterocycles. The van der Waals surface area contributed by atoms with Crippen LogP contribution in [0.15, 0.2) is 42.5 Å². The first-order chi connectivity index (χ1) is 13.5. The Morgan fingerprint density at radius 1 is 1.21 bits per heavy atom. The number of aromatic nitrogens is 2. The van der Waals surface area contributed by atoms with Crippen molar-refractivity contribution in [2.45, 2.75) is 57.9 Å². The second-order valence-corrected chi connectivity index (χ2v) is 8.56. The highest BCUT2D eigenvalue weighted by Gasteiger charge is 2.53. The lowest BCUT2D eigenvalue weighted by Gasteiger charge is -2.32. The van der Waals surface area contributed by atoms with Crippen molar-refractivity contribution in [1.29, 1.82) is 0 Å². The van der Waals surface area contributed by atoms with Gasteiger partial charge in [-0.3, -0.25) is 9.48 Å². The van der Waals surface area contributed by atoms with Crippen LogP contribution in [0.3, 0.4) is 0 Å². The molecular weight excluding hydrogens is 346 g/mol. The van der Waals surface area contributed by atoms with Gasteiger partial charge in [0.05, 0.1) is 11.1 Å². The molecule has 1 saturated carbocycles. The van der Waals surface area contributed by atoms with E-state index in [1.807, 2.05) is 29.9 Å². The highest BCUT2D eigenvalue weighted by atomic mass is 16.2. The SMILES string of the molecule is Cc1nn(C)c(C)c1CN(C[C@H]1CC=CCC1)C(=O)C1(c2ccccc2)CC1. The third kappa shape index (κ3) is 3.52. The van der Waals surface area contributed by atoms with Crippen molar-refractivity contribution in [3.63, 3.8) is 0 Å². The normalized spacial score (nSPS) is 20.2. The van der Waals surface area contributed by atoms with E-state index in [2.05, 4.69) is 48.1 Å². The predicted molar refractivity (Wildman–Crippen MR) is 112 cm³/mol. The maximum atomic E-state index is 13.8. The van der Waals surface area contributed by atoms with Crippen LogP contribution < -0.4 is 0 Å². The van der Waals surface area contributed by atoms with Crippen LogP contribution in [0.5, 0.6) is 0 Å². The maximum absolute atomic E-state index is 13.8. The Morgan fingerprint density at radius 3 is 2.54 bits per heavy atom. The largest absolute Gasteiger partial charge is 0.337 e. The third-order valence-electron chi connectivity index (χ3n) is 6.64. The minimum absolute atomic E-state index is 0.302. The molecule has 2 aromatic rings. The predicted octanol–water partition coefficient (Wildman–Crippen LogP) is 4.45. The number of hydrogen-bond acceptors (Lipinski definition) is 2. The lowest BCUT2D eigenvalue weighted by molar-refractivity contribution is -0.135. The number of carbonyl (C=O) groups excluding carboxylic acids is 1. The number of benzene rings is 1. The van der Waals surface area contributed by atoms with Crippen LogP contribution in [0, 0.1) is 19.8 Å². The molecule has 0 aliphatic heterocycles. The minimum atomic E-state index is -0.310. The molecule has 0 N–H and O–H groups in total. The average molecular weight is 378 g/mol. The quantitative estimate of drug-likeness (QED) is 0.698. The van der Waals surface area contributed by atoms with Gasteiger partial charge in [0.15, 0.2) is 0 Å². The topological polar surface area (TPSA) is 38.1 Å². The zero-order valence-electron chi connectivity index (χ0n) is 17.3. The summed E-state index contributed by atoms with van der Waals surface area (Å²) in [7, 11) is 1.98. The van der Waals surface area contributed by atoms with Gasteiger partial charge in [-0.15, -0.1) is 0 Å². The molecule has 4 nitrogen and oxygen atoms in total. The molecule has 0 saturated heterocycles. The summed E-state index contributed by atoms with van der Waals surface area (Å²) in [5, 5.41) is 4.57. The van der Waals surface area contributed by atoms with Gasteiger partial charge >= 0.3 is 0 Å². The molecular formula is C24H31N3O. The second-order valence-electron chi connectivity index (χ2n) is 8.56. The number of allylic oxidation sites excluding steroid dienone is 2. The Labute approximate surface area is 168 Å². The number of rotatable bonds is 6. The molecule has 1 fully saturated rings. The standard InChI is InChI=1S/C24H31N3O/c1-18-22(19(2)26(3)25-18)17-27(16-20-10-6-4-7-11-20)23(28)24(14-15-24)21-12-8-5-9-13-21/h4-6,8-9,12-13,20H,7,10-11,14-17H2,1-3H3/t20-/m0/s1. The van der Waals surface area contributed by atoms with Gasteiger partial charge in [-0.25, -0.2) is 0 Å². The van der Waals surface area contributed by atoms with E-state index in [1.165, 1.54) is 17.5 Å². The second kappa shape index (κ2) is 7.57. The number of carbonyl (C=O) groups is 1. The van der Waals surface area contributed by atoms with Crippen LogP contribution in [0.1, 0.15) is 54.6 Å². The number of amides is 1. The van der Waals surface area contributed by atoms with Crippen molar-refractivity contribution in [1.82, 2.24) is 14.7 Å². The summed E-state index contributed by atoms with van der Waals surface area (Å²) in [5.41, 5.74) is 4.25. The molecule has 28 heavy (non-hydrogen) atoms. The van der Waals surface area contributed by atoms with E-state index in [0.717, 1.165) is 43.6 Å². The summed E-state index contributed by atoms with van der Waals surface area (Å²) >= 11 is 0. The van der Waals surface area contributed by atoms with Crippen LogP contribution >= 0.6 is 0 Å². The van der Waals surface area contributed by atoms with Crippen LogP contribution in [0.25, 0.3) is 0 Å². The number of nitrogens with zero attached hydrogens (tertiary/aromatic N) is 3. The molecule has 2 aliphatic rings. The van der Waals surface area contributed by atoms with Gasteiger partial charge in [0, 0.05) is 31.4 Å². The van der Waals surface area contributed by atoms with Crippen LogP contribution in [-0.4, -0.2) is 27.1 Å². The van der Waals surface area contributed by atoms with Gasteiger partial charge in [0.1, 0.15) is 0 Å². The summed E-state index contributed by atoms with van der Waals surface area (Å²) in [6.45, 7) is 5.66. The van der Waals surface area contributed by atoms with Gasteiger partial charge in [-0.2, -0.15) is 5.10 Å². The smallest absolute Gasteiger partial charge is 0.233 e. The zero-order valence-corrected chi connectivity index (χ0v) is 17.3. The molecule has 148 valence electrons. The Balaban J connectivity index is 1.62. The van der Waals surface area contributed by atoms with E-state index < -0.39 is 0 Å². The molecule has 1 amide bonds. The van der Waals surface area contributed by atoms with Gasteiger partial charge in [-0.1, -0.05) is 42.5 Å². The van der Waals surface area contributed by atoms with E-state index in [4.69, 9.17) is 0 Å². The minimum Gasteiger partial charge on any atom is -0.337 e. The Kier molecular flexibility index (Phi) is 5.13. The first-order valence-electron chi connectivity index (χ1n) is 10.5. The Morgan fingerprint density at radius 2 is 1.96 bits per heavy atom. The fourth-order valence-corrected chi connectivity index (χ4v) is 4.60. The Hall–Kier alpha value is -2.36. The van der Waals surface area contributed by atoms with E-state index >= 15 is 0 Å². The molecule has 0 radical (unpaired) electrons. The van der Waals surface area contributed by atoms with Gasteiger partial charge in [-0.05, 0) is 57.4 Å². The maximum Gasteiger partial charge on any atom is 0.233 e. The van der Waals surface area contributed by atoms with E-state index in [0.29, 0.717) is 18.4 Å². The lowest BCUT2D eigenvalue weighted by Crippen LogP contribution is -2.42. The first-order valence-corrected chi connectivity index (χ1v) is 10.5. The fraction of sp³-hybridized carbons (Fsp3) is 0.500. The van der Waals surface area contributed by atoms with Crippen LogP contribution in [-0.2, 0) is 23.8 Å². The van der Waals surface area contributed by atoms with Gasteiger partial charge in [0.25, 0.3) is 0 Å². The van der Waals surface area contributed by atoms with Crippen LogP contribution in [0.2, 0.25) is 0 Å². The van der Waals surface area contributed by atoms with Gasteiger partial charge in [0.2, 0.25) is 5.91 Å². The Bertz CT molecular complexity index is 877. The molecule has 0 spiro atoms. The lowest BCUT2D eigenvalue weighted by atomic mass is 9.91. The van der Waals surface area contributed by atoms with Crippen molar-refractivity contribution in [2.24, 2.45) is 13.0 Å². The summed E-state index contributed by atoms with van der Waals surface area (Å²) in [6, 6.07) is 10.4. The molecule has 0 bridgehead atoms. The monoisotopic (exact) mass is 377 g/mol. The first kappa shape index (κ1) is 19.0. The third-order valence-corrected chi connectivity index (χ3v) is 6.64. The number of aryl methyl sites for hydroxylation is 2. The fourth-order valence-electron chi connectivity index (χ4n) is 4.60. The molecule has 4 heteroatoms. The average Bonchev–Trinajstić information content (AvgIpc) is 3.49. The van der Waals surface area contributed by atoms with E-state index in [1.54, 1.807) is 0 Å². The molecule has 2 aliphatic carbocycles. The van der Waals surface area contributed by atoms with E-state index in [9.17, 15) is 4.79 Å². The molecule has 4 rings (SSSR count). The molecule has 1 heterocycles. The summed E-state index contributed by atoms with van der Waals surface area (Å²) in [6.07, 6.45) is 9.84. The zero-order chi connectivity index (χ0) is 19.7. The van der Waals surface area contributed by atoms with E-state index in [-0.39, 0.29) is 5.41 Å². The van der Waals surface area contributed by atoms with Crippen molar-refractivity contribution in [3.05, 3.63) is 65.0 Å². The molecule has 1 atom stereocenters. The van der Waals surface area contributed by atoms with Gasteiger partial charge < -0.3 is 4.90 Å². The highest BCUT2D eigenvalue weighted by Crippen LogP contribution is 2.50.